The molecule has 0 atom stereocenters. The first-order valence-electron chi connectivity index (χ1n) is 4.35. The molecule has 0 unspecified atom stereocenters. The molecule has 0 amide bonds. The van der Waals surface area contributed by atoms with Crippen molar-refractivity contribution in [3.8, 4) is 11.3 Å². The van der Waals surface area contributed by atoms with Crippen LogP contribution in [-0.2, 0) is 17.1 Å². The van der Waals surface area contributed by atoms with E-state index in [1.54, 1.807) is 0 Å². The SMILES string of the molecule is Cc1cccc(-c2ccccc2)n1.[CuH]. The predicted octanol–water partition coefficient (Wildman–Crippen LogP) is 2.79. The van der Waals surface area contributed by atoms with Crippen LogP contribution < -0.4 is 0 Å². The van der Waals surface area contributed by atoms with Crippen molar-refractivity contribution < 1.29 is 17.1 Å². The van der Waals surface area contributed by atoms with Gasteiger partial charge in [0, 0.05) is 11.3 Å². The molecule has 76 valence electrons. The summed E-state index contributed by atoms with van der Waals surface area (Å²) < 4.78 is 0. The summed E-state index contributed by atoms with van der Waals surface area (Å²) in [7, 11) is 0. The van der Waals surface area contributed by atoms with Gasteiger partial charge in [-0.3, -0.25) is 4.98 Å². The summed E-state index contributed by atoms with van der Waals surface area (Å²) in [6, 6.07) is 16.3. The molecule has 1 aromatic carbocycles. The summed E-state index contributed by atoms with van der Waals surface area (Å²) in [4.78, 5) is 4.44. The van der Waals surface area contributed by atoms with Gasteiger partial charge in [0.1, 0.15) is 0 Å². The number of hydrogen-bond acceptors (Lipinski definition) is 1. The Bertz CT molecular complexity index is 398. The van der Waals surface area contributed by atoms with Crippen molar-refractivity contribution in [2.45, 2.75) is 6.92 Å². The maximum atomic E-state index is 4.44. The Labute approximate surface area is 94.7 Å². The Hall–Kier alpha value is -1.11. The van der Waals surface area contributed by atoms with Crippen LogP contribution in [0, 0.1) is 6.92 Å². The number of nitrogens with zero attached hydrogens (tertiary/aromatic N) is 1. The molecular weight excluding hydrogens is 222 g/mol. The van der Waals surface area contributed by atoms with Gasteiger partial charge in [-0.2, -0.15) is 0 Å². The van der Waals surface area contributed by atoms with Crippen molar-refractivity contribution in [1.29, 1.82) is 0 Å². The van der Waals surface area contributed by atoms with Crippen molar-refractivity contribution in [2.24, 2.45) is 0 Å². The quantitative estimate of drug-likeness (QED) is 0.691. The van der Waals surface area contributed by atoms with Gasteiger partial charge in [0.2, 0.25) is 0 Å². The molecule has 0 N–H and O–H groups in total. The molecule has 0 bridgehead atoms. The predicted molar refractivity (Wildman–Crippen MR) is 55.8 cm³/mol. The number of aryl methyl sites for hydroxylation is 1. The summed E-state index contributed by atoms with van der Waals surface area (Å²) in [5.41, 5.74) is 3.27. The van der Waals surface area contributed by atoms with Gasteiger partial charge in [0.25, 0.3) is 0 Å². The van der Waals surface area contributed by atoms with Crippen molar-refractivity contribution >= 4 is 0 Å². The minimum absolute atomic E-state index is 0. The second-order valence-corrected chi connectivity index (χ2v) is 3.03. The third kappa shape index (κ3) is 2.44. The normalized spacial score (nSPS) is 9.21. The van der Waals surface area contributed by atoms with Crippen LogP contribution in [0.1, 0.15) is 5.69 Å². The number of pyridine rings is 1. The summed E-state index contributed by atoms with van der Waals surface area (Å²) in [5, 5.41) is 0. The Balaban J connectivity index is 0.000000980. The number of rotatable bonds is 1. The van der Waals surface area contributed by atoms with Gasteiger partial charge >= 0.3 is 17.1 Å². The van der Waals surface area contributed by atoms with Gasteiger partial charge in [-0.1, -0.05) is 36.4 Å². The van der Waals surface area contributed by atoms with Crippen molar-refractivity contribution in [1.82, 2.24) is 4.98 Å². The molecule has 2 aromatic rings. The van der Waals surface area contributed by atoms with E-state index in [9.17, 15) is 0 Å². The molecule has 0 aliphatic carbocycles. The molecule has 1 aromatic heterocycles. The number of benzene rings is 1. The van der Waals surface area contributed by atoms with Crippen LogP contribution in [0.2, 0.25) is 0 Å². The van der Waals surface area contributed by atoms with E-state index in [1.807, 2.05) is 43.3 Å². The van der Waals surface area contributed by atoms with Crippen LogP contribution in [0.25, 0.3) is 11.3 Å². The summed E-state index contributed by atoms with van der Waals surface area (Å²) in [6.45, 7) is 2.01. The second kappa shape index (κ2) is 4.94. The molecule has 1 nitrogen and oxygen atoms in total. The molecule has 0 spiro atoms. The topological polar surface area (TPSA) is 12.9 Å². The standard InChI is InChI=1S/C12H11N.Cu.H/c1-10-6-5-9-12(13-10)11-7-3-2-4-8-11;;/h2-9H,1H3;;. The first-order valence-corrected chi connectivity index (χ1v) is 4.35. The summed E-state index contributed by atoms with van der Waals surface area (Å²) >= 11 is 0. The Morgan fingerprint density at radius 2 is 1.57 bits per heavy atom. The Kier molecular flexibility index (Phi) is 3.87. The van der Waals surface area contributed by atoms with Gasteiger partial charge in [-0.15, -0.1) is 0 Å². The van der Waals surface area contributed by atoms with Crippen LogP contribution in [0.5, 0.6) is 0 Å². The van der Waals surface area contributed by atoms with Gasteiger partial charge in [-0.05, 0) is 19.1 Å². The van der Waals surface area contributed by atoms with Crippen LogP contribution >= 0.6 is 0 Å². The maximum absolute atomic E-state index is 4.44. The molecule has 0 saturated heterocycles. The zero-order valence-electron chi connectivity index (χ0n) is 7.88. The number of hydrogen-bond donors (Lipinski definition) is 0. The van der Waals surface area contributed by atoms with Crippen molar-refractivity contribution in [3.63, 3.8) is 0 Å². The minimum atomic E-state index is 0. The van der Waals surface area contributed by atoms with E-state index < -0.39 is 0 Å². The third-order valence-electron chi connectivity index (χ3n) is 1.96. The molecule has 2 heteroatoms. The second-order valence-electron chi connectivity index (χ2n) is 3.03. The van der Waals surface area contributed by atoms with Crippen molar-refractivity contribution in [3.05, 3.63) is 54.2 Å². The van der Waals surface area contributed by atoms with E-state index in [0.717, 1.165) is 11.4 Å². The van der Waals surface area contributed by atoms with Gasteiger partial charge in [0.05, 0.1) is 5.69 Å². The van der Waals surface area contributed by atoms with Gasteiger partial charge in [0.15, 0.2) is 0 Å². The molecule has 0 aliphatic rings. The van der Waals surface area contributed by atoms with E-state index >= 15 is 0 Å². The molecule has 1 heterocycles. The summed E-state index contributed by atoms with van der Waals surface area (Å²) in [6.07, 6.45) is 0. The van der Waals surface area contributed by atoms with Gasteiger partial charge < -0.3 is 0 Å². The fraction of sp³-hybridized carbons (Fsp3) is 0.0833. The van der Waals surface area contributed by atoms with E-state index in [-0.39, 0.29) is 17.1 Å². The van der Waals surface area contributed by atoms with Gasteiger partial charge in [-0.25, -0.2) is 0 Å². The van der Waals surface area contributed by atoms with E-state index in [1.165, 1.54) is 5.56 Å². The van der Waals surface area contributed by atoms with Crippen LogP contribution in [-0.4, -0.2) is 4.98 Å². The molecule has 2 rings (SSSR count). The average molecular weight is 234 g/mol. The van der Waals surface area contributed by atoms with E-state index in [0.29, 0.717) is 0 Å². The van der Waals surface area contributed by atoms with Crippen LogP contribution in [0.3, 0.4) is 0 Å². The fourth-order valence-electron chi connectivity index (χ4n) is 1.31. The van der Waals surface area contributed by atoms with E-state index in [4.69, 9.17) is 0 Å². The Morgan fingerprint density at radius 1 is 0.857 bits per heavy atom. The first kappa shape index (κ1) is 11.0. The molecule has 0 saturated carbocycles. The van der Waals surface area contributed by atoms with E-state index in [2.05, 4.69) is 17.1 Å². The van der Waals surface area contributed by atoms with Crippen LogP contribution in [0.15, 0.2) is 48.5 Å². The average Bonchev–Trinajstić information content (AvgIpc) is 2.19. The third-order valence-corrected chi connectivity index (χ3v) is 1.96. The fourth-order valence-corrected chi connectivity index (χ4v) is 1.31. The molecule has 0 aliphatic heterocycles. The van der Waals surface area contributed by atoms with Crippen molar-refractivity contribution in [2.75, 3.05) is 0 Å². The Morgan fingerprint density at radius 3 is 2.21 bits per heavy atom. The molecule has 1 radical (unpaired) electrons. The molecular formula is C12H12CuN. The van der Waals surface area contributed by atoms with Crippen LogP contribution in [0.4, 0.5) is 0 Å². The number of aromatic nitrogens is 1. The zero-order chi connectivity index (χ0) is 9.10. The summed E-state index contributed by atoms with van der Waals surface area (Å²) in [5.74, 6) is 0. The zero-order valence-corrected chi connectivity index (χ0v) is 8.87. The molecule has 0 fully saturated rings. The first-order chi connectivity index (χ1) is 6.36. The molecule has 14 heavy (non-hydrogen) atoms. The monoisotopic (exact) mass is 233 g/mol.